The Morgan fingerprint density at radius 1 is 1.02 bits per heavy atom. The first-order valence-corrected chi connectivity index (χ1v) is 19.1. The summed E-state index contributed by atoms with van der Waals surface area (Å²) in [6.07, 6.45) is 4.82. The predicted octanol–water partition coefficient (Wildman–Crippen LogP) is 5.07. The molecule has 0 aliphatic carbocycles. The quantitative estimate of drug-likeness (QED) is 0.150. The first-order chi connectivity index (χ1) is 23.9. The van der Waals surface area contributed by atoms with Crippen LogP contribution in [-0.2, 0) is 33.3 Å². The van der Waals surface area contributed by atoms with Crippen molar-refractivity contribution in [2.75, 3.05) is 0 Å². The van der Waals surface area contributed by atoms with Crippen LogP contribution in [0.1, 0.15) is 114 Å². The number of aliphatic hydroxyl groups is 4. The number of esters is 1. The molecule has 2 fully saturated rings. The number of allylic oxidation sites excluding steroid dienone is 1. The van der Waals surface area contributed by atoms with Gasteiger partial charge in [-0.2, -0.15) is 0 Å². The number of cyclic esters (lactones) is 1. The lowest BCUT2D eigenvalue weighted by atomic mass is 9.79. The van der Waals surface area contributed by atoms with Crippen LogP contribution in [0.4, 0.5) is 0 Å². The van der Waals surface area contributed by atoms with E-state index >= 15 is 0 Å². The average molecular weight is 721 g/mol. The van der Waals surface area contributed by atoms with E-state index in [0.717, 1.165) is 17.6 Å². The van der Waals surface area contributed by atoms with Crippen LogP contribution in [0.3, 0.4) is 0 Å². The zero-order chi connectivity index (χ0) is 37.8. The predicted molar refractivity (Wildman–Crippen MR) is 191 cm³/mol. The molecule has 290 valence electrons. The van der Waals surface area contributed by atoms with E-state index in [4.69, 9.17) is 23.7 Å². The molecule has 4 aliphatic rings. The first-order valence-electron chi connectivity index (χ1n) is 19.1. The summed E-state index contributed by atoms with van der Waals surface area (Å²) in [6, 6.07) is 0. The number of carbonyl (C=O) groups excluding carboxylic acids is 2. The minimum atomic E-state index is -1.75. The molecule has 0 aromatic heterocycles. The van der Waals surface area contributed by atoms with Gasteiger partial charge in [0.25, 0.3) is 0 Å². The molecule has 4 rings (SSSR count). The van der Waals surface area contributed by atoms with Crippen molar-refractivity contribution >= 4 is 11.8 Å². The molecule has 0 saturated carbocycles. The molecule has 0 spiro atoms. The normalized spacial score (nSPS) is 42.8. The van der Waals surface area contributed by atoms with E-state index in [0.29, 0.717) is 25.7 Å². The highest BCUT2D eigenvalue weighted by molar-refractivity contribution is 5.89. The third kappa shape index (κ3) is 10.4. The largest absolute Gasteiger partial charge is 0.462 e. The van der Waals surface area contributed by atoms with Crippen LogP contribution < -0.4 is 0 Å². The highest BCUT2D eigenvalue weighted by Crippen LogP contribution is 2.45. The molecule has 0 aromatic carbocycles. The summed E-state index contributed by atoms with van der Waals surface area (Å²) in [7, 11) is 0. The van der Waals surface area contributed by atoms with Crippen molar-refractivity contribution < 1.29 is 53.7 Å². The first kappa shape index (κ1) is 41.8. The van der Waals surface area contributed by atoms with Crippen molar-refractivity contribution in [1.82, 2.24) is 0 Å². The van der Waals surface area contributed by atoms with Gasteiger partial charge in [-0.3, -0.25) is 9.59 Å². The number of Topliss-reactive ketones (excluding diaryl/α,β-unsaturated/α-hetero) is 1. The summed E-state index contributed by atoms with van der Waals surface area (Å²) in [5.74, 6) is -3.38. The standard InChI is InChI=1S/C40H64O11/c1-10-31(42)39(9)38(51-39)26(6)19-25(5)37-27(7)34(44)22(2)15-16-29(48-33-20-30(41)35(45)28(8)47-33)14-12-11-13-23(3)36-24(4)17-18-40(46,50-36)21-32(43)49-37/h13,15-17,22,25-30,33-38,41,44-46H,10-12,14,18-21H2,1-9H3. The van der Waals surface area contributed by atoms with Gasteiger partial charge in [0.15, 0.2) is 23.5 Å². The van der Waals surface area contributed by atoms with Gasteiger partial charge >= 0.3 is 5.97 Å². The van der Waals surface area contributed by atoms with Crippen LogP contribution in [0.2, 0.25) is 0 Å². The molecule has 4 aliphatic heterocycles. The Balaban J connectivity index is 1.60. The van der Waals surface area contributed by atoms with E-state index in [2.05, 4.69) is 6.08 Å². The maximum atomic E-state index is 13.6. The van der Waals surface area contributed by atoms with Gasteiger partial charge in [-0.05, 0) is 76.4 Å². The second-order valence-electron chi connectivity index (χ2n) is 16.1. The Labute approximate surface area is 304 Å². The Kier molecular flexibility index (Phi) is 14.3. The summed E-state index contributed by atoms with van der Waals surface area (Å²) in [5.41, 5.74) is 1.07. The molecule has 4 N–H and O–H groups in total. The fourth-order valence-electron chi connectivity index (χ4n) is 8.18. The number of hydrogen-bond donors (Lipinski definition) is 4. The highest BCUT2D eigenvalue weighted by atomic mass is 16.7. The summed E-state index contributed by atoms with van der Waals surface area (Å²) < 4.78 is 30.5. The lowest BCUT2D eigenvalue weighted by Gasteiger charge is -2.38. The molecule has 2 bridgehead atoms. The Morgan fingerprint density at radius 2 is 1.71 bits per heavy atom. The van der Waals surface area contributed by atoms with Gasteiger partial charge in [-0.25, -0.2) is 0 Å². The molecule has 0 amide bonds. The van der Waals surface area contributed by atoms with Gasteiger partial charge in [0.05, 0.1) is 36.9 Å². The lowest BCUT2D eigenvalue weighted by Crippen LogP contribution is -2.48. The minimum Gasteiger partial charge on any atom is -0.462 e. The number of ether oxygens (including phenoxy) is 5. The van der Waals surface area contributed by atoms with Crippen LogP contribution in [-0.4, -0.2) is 98.7 Å². The van der Waals surface area contributed by atoms with Crippen molar-refractivity contribution in [2.24, 2.45) is 23.7 Å². The fourth-order valence-corrected chi connectivity index (χ4v) is 8.18. The highest BCUT2D eigenvalue weighted by Gasteiger charge is 2.59. The Bertz CT molecular complexity index is 1280. The molecular weight excluding hydrogens is 656 g/mol. The fraction of sp³-hybridized carbons (Fsp3) is 0.800. The van der Waals surface area contributed by atoms with Crippen LogP contribution in [0.15, 0.2) is 35.5 Å². The SMILES string of the molecule is CCC(=O)C1(C)OC1C(C)CC(C)C1OC(=O)CC2(O)CC=C(C)C(O2)C(C)=CCCCC(OC2CC(O)C(O)C(C)O2)C=CC(C)C(O)C1C. The number of aliphatic hydroxyl groups excluding tert-OH is 3. The van der Waals surface area contributed by atoms with E-state index in [1.54, 1.807) is 6.92 Å². The minimum absolute atomic E-state index is 0.00864. The van der Waals surface area contributed by atoms with E-state index in [9.17, 15) is 30.0 Å². The van der Waals surface area contributed by atoms with Crippen molar-refractivity contribution in [2.45, 2.75) is 180 Å². The van der Waals surface area contributed by atoms with Gasteiger partial charge in [0, 0.05) is 31.1 Å². The van der Waals surface area contributed by atoms with Crippen molar-refractivity contribution in [3.05, 3.63) is 35.5 Å². The molecule has 15 atom stereocenters. The van der Waals surface area contributed by atoms with Crippen LogP contribution >= 0.6 is 0 Å². The molecule has 51 heavy (non-hydrogen) atoms. The maximum Gasteiger partial charge on any atom is 0.311 e. The Morgan fingerprint density at radius 3 is 2.37 bits per heavy atom. The summed E-state index contributed by atoms with van der Waals surface area (Å²) in [5, 5.41) is 43.8. The molecule has 2 saturated heterocycles. The molecule has 4 heterocycles. The zero-order valence-corrected chi connectivity index (χ0v) is 32.1. The smallest absolute Gasteiger partial charge is 0.311 e. The number of epoxide rings is 1. The second-order valence-corrected chi connectivity index (χ2v) is 16.1. The lowest BCUT2D eigenvalue weighted by molar-refractivity contribution is -0.254. The third-order valence-corrected chi connectivity index (χ3v) is 11.5. The molecule has 0 aromatic rings. The summed E-state index contributed by atoms with van der Waals surface area (Å²) >= 11 is 0. The number of fused-ring (bicyclic) bond motifs is 2. The number of carbonyl (C=O) groups is 2. The maximum absolute atomic E-state index is 13.6. The monoisotopic (exact) mass is 720 g/mol. The summed E-state index contributed by atoms with van der Waals surface area (Å²) in [4.78, 5) is 26.2. The second kappa shape index (κ2) is 17.5. The van der Waals surface area contributed by atoms with E-state index in [1.807, 2.05) is 73.6 Å². The van der Waals surface area contributed by atoms with Crippen LogP contribution in [0, 0.1) is 23.7 Å². The molecule has 15 unspecified atom stereocenters. The molecule has 11 heteroatoms. The number of ketones is 1. The van der Waals surface area contributed by atoms with Crippen molar-refractivity contribution in [3.8, 4) is 0 Å². The molecule has 11 nitrogen and oxygen atoms in total. The van der Waals surface area contributed by atoms with Crippen LogP contribution in [0.5, 0.6) is 0 Å². The molecular formula is C40H64O11. The van der Waals surface area contributed by atoms with E-state index in [1.165, 1.54) is 0 Å². The van der Waals surface area contributed by atoms with Crippen LogP contribution in [0.25, 0.3) is 0 Å². The van der Waals surface area contributed by atoms with Gasteiger partial charge in [0.2, 0.25) is 0 Å². The van der Waals surface area contributed by atoms with Gasteiger partial charge in [0.1, 0.15) is 18.3 Å². The van der Waals surface area contributed by atoms with Crippen molar-refractivity contribution in [3.63, 3.8) is 0 Å². The third-order valence-electron chi connectivity index (χ3n) is 11.5. The zero-order valence-electron chi connectivity index (χ0n) is 32.1. The average Bonchev–Trinajstić information content (AvgIpc) is 3.78. The van der Waals surface area contributed by atoms with E-state index in [-0.39, 0.29) is 48.9 Å². The number of hydrogen-bond acceptors (Lipinski definition) is 11. The summed E-state index contributed by atoms with van der Waals surface area (Å²) in [6.45, 7) is 17.0. The van der Waals surface area contributed by atoms with E-state index < -0.39 is 72.3 Å². The Hall–Kier alpha value is -1.96. The van der Waals surface area contributed by atoms with Crippen molar-refractivity contribution in [1.29, 1.82) is 0 Å². The topological polar surface area (TPSA) is 165 Å². The molecule has 0 radical (unpaired) electrons. The van der Waals surface area contributed by atoms with Gasteiger partial charge < -0.3 is 44.1 Å². The van der Waals surface area contributed by atoms with Gasteiger partial charge in [-0.1, -0.05) is 58.9 Å². The van der Waals surface area contributed by atoms with Gasteiger partial charge in [-0.15, -0.1) is 0 Å². The number of rotatable bonds is 8.